The maximum absolute atomic E-state index is 14.9. The Hall–Kier alpha value is -2.97. The van der Waals surface area contributed by atoms with Gasteiger partial charge in [0.2, 0.25) is 20.0 Å². The van der Waals surface area contributed by atoms with Crippen LogP contribution in [0.4, 0.5) is 0 Å². The van der Waals surface area contributed by atoms with Crippen LogP contribution < -0.4 is 9.46 Å². The standard InChI is InChI=1S/C35H45N3O8S2.H2/c1-22(2)47(40,41)36-34(39)24-10-12-28-31(16-24)38-21-35(48(42,43)37-14-15-46-26(19-37)20-44-3)18-30(35)29-17-25(45-4)11-13-27(29)33(38)32(28)23-8-6-5-7-9-23;/h10-13,16-17,22-23,26,30H,5-9,14-15,18-21H2,1-4H3,(H,36,39);1H/t26-,30?,35?;/m0./s1. The zero-order chi connectivity index (χ0) is 34.0. The highest BCUT2D eigenvalue weighted by Gasteiger charge is 2.67. The van der Waals surface area contributed by atoms with Gasteiger partial charge in [-0.25, -0.2) is 21.6 Å². The van der Waals surface area contributed by atoms with Crippen molar-refractivity contribution in [1.82, 2.24) is 13.6 Å². The first kappa shape index (κ1) is 33.5. The van der Waals surface area contributed by atoms with Crippen molar-refractivity contribution in [3.05, 3.63) is 53.1 Å². The largest absolute Gasteiger partial charge is 0.497 e. The number of ether oxygens (including phenoxy) is 3. The number of benzene rings is 2. The fourth-order valence-corrected chi connectivity index (χ4v) is 11.2. The molecule has 2 aliphatic heterocycles. The maximum Gasteiger partial charge on any atom is 0.264 e. The third-order valence-corrected chi connectivity index (χ3v) is 15.2. The lowest BCUT2D eigenvalue weighted by Crippen LogP contribution is -2.51. The molecule has 3 fully saturated rings. The SMILES string of the molecule is COC[C@@H]1CN(S(=O)(=O)C23CC2c2cc(OC)ccc2-c2c(C4CCCCC4)c4ccc(C(=O)NS(=O)(=O)C(C)C)cc4n2C3)CCO1.[HH]. The molecule has 2 unspecified atom stereocenters. The number of hydrogen-bond acceptors (Lipinski definition) is 8. The predicted octanol–water partition coefficient (Wildman–Crippen LogP) is 5.00. The quantitative estimate of drug-likeness (QED) is 0.330. The number of aromatic nitrogens is 1. The van der Waals surface area contributed by atoms with E-state index < -0.39 is 36.0 Å². The van der Waals surface area contributed by atoms with Gasteiger partial charge in [-0.1, -0.05) is 25.3 Å². The van der Waals surface area contributed by atoms with Gasteiger partial charge in [0.1, 0.15) is 10.5 Å². The van der Waals surface area contributed by atoms with Crippen molar-refractivity contribution in [3.8, 4) is 17.0 Å². The highest BCUT2D eigenvalue weighted by Crippen LogP contribution is 2.64. The topological polar surface area (TPSA) is 133 Å². The highest BCUT2D eigenvalue weighted by molar-refractivity contribution is 7.91. The van der Waals surface area contributed by atoms with E-state index in [4.69, 9.17) is 14.2 Å². The summed E-state index contributed by atoms with van der Waals surface area (Å²) in [5, 5.41) is 0.196. The molecule has 11 nitrogen and oxygen atoms in total. The van der Waals surface area contributed by atoms with Crippen LogP contribution in [-0.4, -0.2) is 88.2 Å². The number of morpholine rings is 1. The van der Waals surface area contributed by atoms with Crippen molar-refractivity contribution in [2.75, 3.05) is 40.5 Å². The molecular weight excluding hydrogens is 655 g/mol. The third kappa shape index (κ3) is 5.46. The average Bonchev–Trinajstić information content (AvgIpc) is 3.76. The molecular formula is C35H47N3O8S2. The van der Waals surface area contributed by atoms with Crippen molar-refractivity contribution in [2.24, 2.45) is 0 Å². The van der Waals surface area contributed by atoms with Crippen LogP contribution in [0.1, 0.15) is 87.1 Å². The predicted molar refractivity (Wildman–Crippen MR) is 186 cm³/mol. The molecule has 2 saturated carbocycles. The minimum atomic E-state index is -3.86. The zero-order valence-corrected chi connectivity index (χ0v) is 29.7. The van der Waals surface area contributed by atoms with Crippen molar-refractivity contribution in [3.63, 3.8) is 0 Å². The van der Waals surface area contributed by atoms with Gasteiger partial charge >= 0.3 is 0 Å². The van der Waals surface area contributed by atoms with Gasteiger partial charge in [-0.15, -0.1) is 0 Å². The fourth-order valence-electron chi connectivity index (χ4n) is 8.20. The minimum absolute atomic E-state index is 0. The lowest BCUT2D eigenvalue weighted by molar-refractivity contribution is -0.0409. The maximum atomic E-state index is 14.9. The summed E-state index contributed by atoms with van der Waals surface area (Å²) < 4.78 is 76.6. The number of nitrogens with zero attached hydrogens (tertiary/aromatic N) is 2. The number of methoxy groups -OCH3 is 2. The second-order valence-electron chi connectivity index (χ2n) is 14.0. The van der Waals surface area contributed by atoms with E-state index in [9.17, 15) is 21.6 Å². The summed E-state index contributed by atoms with van der Waals surface area (Å²) in [4.78, 5) is 13.4. The second-order valence-corrected chi connectivity index (χ2v) is 18.5. The van der Waals surface area contributed by atoms with E-state index >= 15 is 0 Å². The first-order chi connectivity index (χ1) is 22.9. The van der Waals surface area contributed by atoms with Crippen LogP contribution in [0.3, 0.4) is 0 Å². The molecule has 48 heavy (non-hydrogen) atoms. The van der Waals surface area contributed by atoms with Crippen LogP contribution >= 0.6 is 0 Å². The van der Waals surface area contributed by atoms with E-state index in [1.165, 1.54) is 25.8 Å². The normalized spacial score (nSPS) is 24.9. The third-order valence-electron chi connectivity index (χ3n) is 10.9. The summed E-state index contributed by atoms with van der Waals surface area (Å²) in [5.41, 5.74) is 5.06. The number of sulfonamides is 2. The first-order valence-electron chi connectivity index (χ1n) is 16.9. The van der Waals surface area contributed by atoms with Gasteiger partial charge in [0.25, 0.3) is 5.91 Å². The first-order valence-corrected chi connectivity index (χ1v) is 19.9. The van der Waals surface area contributed by atoms with E-state index in [2.05, 4.69) is 15.4 Å². The molecule has 2 aliphatic carbocycles. The molecule has 262 valence electrons. The number of nitrogens with one attached hydrogen (secondary N) is 1. The highest BCUT2D eigenvalue weighted by atomic mass is 32.2. The molecule has 0 radical (unpaired) electrons. The van der Waals surface area contributed by atoms with Gasteiger partial charge in [-0.3, -0.25) is 4.79 Å². The smallest absolute Gasteiger partial charge is 0.264 e. The van der Waals surface area contributed by atoms with E-state index in [0.29, 0.717) is 25.4 Å². The lowest BCUT2D eigenvalue weighted by atomic mass is 9.81. The Morgan fingerprint density at radius 3 is 2.56 bits per heavy atom. The molecule has 3 aromatic rings. The molecule has 0 spiro atoms. The minimum Gasteiger partial charge on any atom is -0.497 e. The summed E-state index contributed by atoms with van der Waals surface area (Å²) in [6.45, 7) is 4.33. The van der Waals surface area contributed by atoms with Gasteiger partial charge in [0.05, 0.1) is 37.4 Å². The Bertz CT molecular complexity index is 1970. The zero-order valence-electron chi connectivity index (χ0n) is 28.0. The van der Waals surface area contributed by atoms with Crippen molar-refractivity contribution in [2.45, 2.75) is 86.9 Å². The van der Waals surface area contributed by atoms with Crippen LogP contribution in [0.15, 0.2) is 36.4 Å². The van der Waals surface area contributed by atoms with Crippen molar-refractivity contribution < 1.29 is 37.3 Å². The Morgan fingerprint density at radius 1 is 1.08 bits per heavy atom. The molecule has 1 N–H and O–H groups in total. The van der Waals surface area contributed by atoms with Gasteiger partial charge in [0.15, 0.2) is 0 Å². The van der Waals surface area contributed by atoms with Crippen LogP contribution in [0.5, 0.6) is 5.75 Å². The number of hydrogen-bond donors (Lipinski definition) is 1. The van der Waals surface area contributed by atoms with Crippen LogP contribution in [-0.2, 0) is 36.1 Å². The summed E-state index contributed by atoms with van der Waals surface area (Å²) in [6, 6.07) is 11.3. The van der Waals surface area contributed by atoms with Crippen LogP contribution in [0.25, 0.3) is 22.2 Å². The number of fused-ring (bicyclic) bond motifs is 7. The van der Waals surface area contributed by atoms with Gasteiger partial charge in [0, 0.05) is 56.1 Å². The monoisotopic (exact) mass is 701 g/mol. The molecule has 4 aliphatic rings. The molecule has 3 heterocycles. The molecule has 1 saturated heterocycles. The molecule has 7 rings (SSSR count). The summed E-state index contributed by atoms with van der Waals surface area (Å²) in [7, 11) is -4.51. The second kappa shape index (κ2) is 12.4. The molecule has 0 bridgehead atoms. The number of carbonyl (C=O) groups is 1. The van der Waals surface area contributed by atoms with Crippen LogP contribution in [0, 0.1) is 0 Å². The fraction of sp³-hybridized carbons (Fsp3) is 0.571. The lowest BCUT2D eigenvalue weighted by Gasteiger charge is -2.35. The van der Waals surface area contributed by atoms with E-state index in [1.54, 1.807) is 30.7 Å². The molecule has 2 aromatic carbocycles. The Labute approximate surface area is 284 Å². The van der Waals surface area contributed by atoms with E-state index in [1.807, 2.05) is 18.2 Å². The summed E-state index contributed by atoms with van der Waals surface area (Å²) >= 11 is 0. The van der Waals surface area contributed by atoms with Crippen molar-refractivity contribution in [1.29, 1.82) is 0 Å². The average molecular weight is 702 g/mol. The van der Waals surface area contributed by atoms with E-state index in [-0.39, 0.29) is 44.6 Å². The number of carbonyl (C=O) groups excluding carboxylic acids is 1. The molecule has 1 aromatic heterocycles. The van der Waals surface area contributed by atoms with Gasteiger partial charge < -0.3 is 18.8 Å². The number of rotatable bonds is 9. The Morgan fingerprint density at radius 2 is 1.85 bits per heavy atom. The molecule has 3 atom stereocenters. The van der Waals surface area contributed by atoms with E-state index in [0.717, 1.165) is 53.4 Å². The summed E-state index contributed by atoms with van der Waals surface area (Å²) in [6.07, 6.45) is 5.55. The Kier molecular flexibility index (Phi) is 8.67. The van der Waals surface area contributed by atoms with Crippen molar-refractivity contribution >= 4 is 36.9 Å². The number of amides is 1. The summed E-state index contributed by atoms with van der Waals surface area (Å²) in [5.74, 6) is -0.0200. The molecule has 1 amide bonds. The Balaban J connectivity index is 0.00000417. The van der Waals surface area contributed by atoms with Crippen LogP contribution in [0.2, 0.25) is 0 Å². The van der Waals surface area contributed by atoms with Gasteiger partial charge in [-0.05, 0) is 80.5 Å². The van der Waals surface area contributed by atoms with Gasteiger partial charge in [-0.2, -0.15) is 4.31 Å². The molecule has 13 heteroatoms.